The zero-order valence-electron chi connectivity index (χ0n) is 15.0. The number of likely N-dealkylation sites (tertiary alicyclic amines) is 1. The molecule has 1 unspecified atom stereocenters. The highest BCUT2D eigenvalue weighted by Gasteiger charge is 2.29. The van der Waals surface area contributed by atoms with E-state index in [1.165, 1.54) is 12.1 Å². The number of halogens is 2. The van der Waals surface area contributed by atoms with Crippen molar-refractivity contribution in [2.75, 3.05) is 18.8 Å². The Morgan fingerprint density at radius 1 is 1.21 bits per heavy atom. The minimum absolute atomic E-state index is 0. The van der Waals surface area contributed by atoms with Crippen LogP contribution in [0.15, 0.2) is 53.1 Å². The summed E-state index contributed by atoms with van der Waals surface area (Å²) in [6, 6.07) is 12.9. The van der Waals surface area contributed by atoms with Gasteiger partial charge >= 0.3 is 0 Å². The Balaban J connectivity index is 0.00000225. The normalized spacial score (nSPS) is 16.5. The van der Waals surface area contributed by atoms with Gasteiger partial charge in [0.2, 0.25) is 11.7 Å². The van der Waals surface area contributed by atoms with E-state index in [2.05, 4.69) is 10.1 Å². The van der Waals surface area contributed by atoms with Gasteiger partial charge in [-0.05, 0) is 55.3 Å². The molecule has 1 aliphatic rings. The number of nitrogens with zero attached hydrogens (tertiary/aromatic N) is 3. The van der Waals surface area contributed by atoms with E-state index in [4.69, 9.17) is 10.3 Å². The van der Waals surface area contributed by atoms with Crippen molar-refractivity contribution >= 4 is 24.0 Å². The molecule has 1 aliphatic heterocycles. The second-order valence-electron chi connectivity index (χ2n) is 6.68. The standard InChI is InChI=1S/C20H19FN4O2.ClH/c21-16-8-6-13(7-9-16)18-23-19(27-24-18)15-4-2-10-25(12-15)20(26)14-3-1-5-17(22)11-14;/h1,3,5-9,11,15H,2,4,10,12,22H2;1H. The van der Waals surface area contributed by atoms with Crippen LogP contribution >= 0.6 is 12.4 Å². The summed E-state index contributed by atoms with van der Waals surface area (Å²) in [5.74, 6) is 0.532. The highest BCUT2D eigenvalue weighted by atomic mass is 35.5. The topological polar surface area (TPSA) is 85.3 Å². The van der Waals surface area contributed by atoms with E-state index in [1.54, 1.807) is 41.3 Å². The summed E-state index contributed by atoms with van der Waals surface area (Å²) in [7, 11) is 0. The average molecular weight is 403 g/mol. The molecule has 1 fully saturated rings. The molecule has 0 spiro atoms. The Kier molecular flexibility index (Phi) is 5.94. The first-order chi connectivity index (χ1) is 13.1. The maximum absolute atomic E-state index is 13.1. The molecule has 146 valence electrons. The molecule has 1 atom stereocenters. The molecule has 0 bridgehead atoms. The second kappa shape index (κ2) is 8.39. The van der Waals surface area contributed by atoms with Crippen LogP contribution in [0.4, 0.5) is 10.1 Å². The first-order valence-corrected chi connectivity index (χ1v) is 8.84. The van der Waals surface area contributed by atoms with Gasteiger partial charge in [0.15, 0.2) is 0 Å². The number of benzene rings is 2. The Morgan fingerprint density at radius 3 is 2.75 bits per heavy atom. The lowest BCUT2D eigenvalue weighted by Gasteiger charge is -2.31. The Bertz CT molecular complexity index is 961. The summed E-state index contributed by atoms with van der Waals surface area (Å²) >= 11 is 0. The van der Waals surface area contributed by atoms with Gasteiger partial charge in [0.1, 0.15) is 5.82 Å². The zero-order chi connectivity index (χ0) is 18.8. The number of anilines is 1. The molecule has 0 aliphatic carbocycles. The number of hydrogen-bond acceptors (Lipinski definition) is 5. The molecule has 8 heteroatoms. The summed E-state index contributed by atoms with van der Waals surface area (Å²) in [6.45, 7) is 1.20. The van der Waals surface area contributed by atoms with Gasteiger partial charge in [-0.1, -0.05) is 11.2 Å². The SMILES string of the molecule is Cl.Nc1cccc(C(=O)N2CCCC(c3nc(-c4ccc(F)cc4)no3)C2)c1. The lowest BCUT2D eigenvalue weighted by Crippen LogP contribution is -2.39. The molecule has 2 N–H and O–H groups in total. The van der Waals surface area contributed by atoms with Gasteiger partial charge in [-0.25, -0.2) is 4.39 Å². The van der Waals surface area contributed by atoms with Crippen molar-refractivity contribution in [2.24, 2.45) is 0 Å². The Morgan fingerprint density at radius 2 is 2.00 bits per heavy atom. The smallest absolute Gasteiger partial charge is 0.253 e. The van der Waals surface area contributed by atoms with Crippen molar-refractivity contribution in [1.29, 1.82) is 0 Å². The van der Waals surface area contributed by atoms with Gasteiger partial charge in [-0.2, -0.15) is 4.98 Å². The summed E-state index contributed by atoms with van der Waals surface area (Å²) in [6.07, 6.45) is 1.72. The number of carbonyl (C=O) groups excluding carboxylic acids is 1. The number of carbonyl (C=O) groups is 1. The van der Waals surface area contributed by atoms with Gasteiger partial charge in [-0.15, -0.1) is 12.4 Å². The van der Waals surface area contributed by atoms with E-state index in [1.807, 2.05) is 0 Å². The largest absolute Gasteiger partial charge is 0.399 e. The minimum Gasteiger partial charge on any atom is -0.399 e. The molecule has 1 saturated heterocycles. The van der Waals surface area contributed by atoms with Gasteiger partial charge in [-0.3, -0.25) is 4.79 Å². The van der Waals surface area contributed by atoms with Gasteiger partial charge in [0.05, 0.1) is 5.92 Å². The highest BCUT2D eigenvalue weighted by molar-refractivity contribution is 5.95. The van der Waals surface area contributed by atoms with Crippen molar-refractivity contribution in [3.8, 4) is 11.4 Å². The second-order valence-corrected chi connectivity index (χ2v) is 6.68. The number of hydrogen-bond donors (Lipinski definition) is 1. The summed E-state index contributed by atoms with van der Waals surface area (Å²) in [5, 5.41) is 4.00. The summed E-state index contributed by atoms with van der Waals surface area (Å²) in [5.41, 5.74) is 7.62. The van der Waals surface area contributed by atoms with Crippen molar-refractivity contribution in [3.63, 3.8) is 0 Å². The molecule has 1 amide bonds. The van der Waals surface area contributed by atoms with Gasteiger partial charge in [0.25, 0.3) is 5.91 Å². The monoisotopic (exact) mass is 402 g/mol. The van der Waals surface area contributed by atoms with Gasteiger partial charge in [0, 0.05) is 29.9 Å². The van der Waals surface area contributed by atoms with Crippen molar-refractivity contribution in [3.05, 3.63) is 65.8 Å². The number of piperidine rings is 1. The van der Waals surface area contributed by atoms with Crippen LogP contribution in [0.25, 0.3) is 11.4 Å². The molecular formula is C20H20ClFN4O2. The Labute approximate surface area is 167 Å². The molecule has 1 aromatic heterocycles. The van der Waals surface area contributed by atoms with Crippen LogP contribution in [-0.4, -0.2) is 34.0 Å². The lowest BCUT2D eigenvalue weighted by atomic mass is 9.97. The number of aromatic nitrogens is 2. The van der Waals surface area contributed by atoms with E-state index in [-0.39, 0.29) is 30.0 Å². The molecule has 28 heavy (non-hydrogen) atoms. The third kappa shape index (κ3) is 4.14. The predicted molar refractivity (Wildman–Crippen MR) is 106 cm³/mol. The molecule has 6 nitrogen and oxygen atoms in total. The van der Waals surface area contributed by atoms with Crippen LogP contribution in [0.2, 0.25) is 0 Å². The first kappa shape index (κ1) is 19.8. The van der Waals surface area contributed by atoms with Crippen LogP contribution in [0, 0.1) is 5.82 Å². The number of amides is 1. The number of nitrogens with two attached hydrogens (primary N) is 1. The van der Waals surface area contributed by atoms with Gasteiger partial charge < -0.3 is 15.2 Å². The fourth-order valence-electron chi connectivity index (χ4n) is 3.33. The number of rotatable bonds is 3. The quantitative estimate of drug-likeness (QED) is 0.671. The number of nitrogen functional groups attached to an aromatic ring is 1. The first-order valence-electron chi connectivity index (χ1n) is 8.84. The molecule has 3 aromatic rings. The van der Waals surface area contributed by atoms with Crippen molar-refractivity contribution in [1.82, 2.24) is 15.0 Å². The predicted octanol–water partition coefficient (Wildman–Crippen LogP) is 3.90. The van der Waals surface area contributed by atoms with Crippen LogP contribution in [0.5, 0.6) is 0 Å². The van der Waals surface area contributed by atoms with E-state index >= 15 is 0 Å². The molecule has 2 heterocycles. The Hall–Kier alpha value is -2.93. The maximum atomic E-state index is 13.1. The fourth-order valence-corrected chi connectivity index (χ4v) is 3.33. The van der Waals surface area contributed by atoms with Crippen LogP contribution in [-0.2, 0) is 0 Å². The van der Waals surface area contributed by atoms with E-state index in [0.717, 1.165) is 12.8 Å². The maximum Gasteiger partial charge on any atom is 0.253 e. The highest BCUT2D eigenvalue weighted by Crippen LogP contribution is 2.28. The van der Waals surface area contributed by atoms with Crippen LogP contribution in [0.3, 0.4) is 0 Å². The van der Waals surface area contributed by atoms with Crippen molar-refractivity contribution in [2.45, 2.75) is 18.8 Å². The zero-order valence-corrected chi connectivity index (χ0v) is 15.9. The fraction of sp³-hybridized carbons (Fsp3) is 0.250. The minimum atomic E-state index is -0.314. The third-order valence-electron chi connectivity index (χ3n) is 4.74. The average Bonchev–Trinajstić information content (AvgIpc) is 3.18. The van der Waals surface area contributed by atoms with Crippen LogP contribution < -0.4 is 5.73 Å². The summed E-state index contributed by atoms with van der Waals surface area (Å²) in [4.78, 5) is 19.0. The van der Waals surface area contributed by atoms with E-state index < -0.39 is 0 Å². The molecule has 2 aromatic carbocycles. The third-order valence-corrected chi connectivity index (χ3v) is 4.74. The molecule has 4 rings (SSSR count). The lowest BCUT2D eigenvalue weighted by molar-refractivity contribution is 0.0695. The van der Waals surface area contributed by atoms with E-state index in [9.17, 15) is 9.18 Å². The molecular weight excluding hydrogens is 383 g/mol. The molecule has 0 radical (unpaired) electrons. The molecule has 0 saturated carbocycles. The van der Waals surface area contributed by atoms with E-state index in [0.29, 0.717) is 41.6 Å². The van der Waals surface area contributed by atoms with Crippen LogP contribution in [0.1, 0.15) is 35.0 Å². The van der Waals surface area contributed by atoms with Crippen molar-refractivity contribution < 1.29 is 13.7 Å². The summed E-state index contributed by atoms with van der Waals surface area (Å²) < 4.78 is 18.5.